The molecule has 0 atom stereocenters. The summed E-state index contributed by atoms with van der Waals surface area (Å²) in [5, 5.41) is 13.3. The average molecular weight is 202 g/mol. The summed E-state index contributed by atoms with van der Waals surface area (Å²) in [5.74, 6) is 0. The molecule has 0 saturated heterocycles. The molecule has 0 radical (unpaired) electrons. The van der Waals surface area contributed by atoms with Crippen LogP contribution in [0.5, 0.6) is 0 Å². The van der Waals surface area contributed by atoms with Crippen LogP contribution in [0.1, 0.15) is 11.1 Å². The van der Waals surface area contributed by atoms with Crippen molar-refractivity contribution in [1.29, 1.82) is 0 Å². The monoisotopic (exact) mass is 202 g/mol. The highest BCUT2D eigenvalue weighted by atomic mass is 16.3. The van der Waals surface area contributed by atoms with Crippen molar-refractivity contribution in [2.75, 3.05) is 0 Å². The molecule has 0 unspecified atom stereocenters. The van der Waals surface area contributed by atoms with Gasteiger partial charge in [0.05, 0.1) is 12.3 Å². The third-order valence-corrected chi connectivity index (χ3v) is 2.44. The lowest BCUT2D eigenvalue weighted by molar-refractivity contribution is 0.282. The Bertz CT molecular complexity index is 474. The minimum atomic E-state index is 0.0759. The number of nitrogens with zero attached hydrogens (tertiary/aromatic N) is 2. The summed E-state index contributed by atoms with van der Waals surface area (Å²) in [7, 11) is 1.91. The zero-order valence-corrected chi connectivity index (χ0v) is 8.94. The van der Waals surface area contributed by atoms with E-state index in [0.29, 0.717) is 0 Å². The van der Waals surface area contributed by atoms with Crippen molar-refractivity contribution in [3.05, 3.63) is 41.6 Å². The van der Waals surface area contributed by atoms with Gasteiger partial charge in [-0.25, -0.2) is 0 Å². The summed E-state index contributed by atoms with van der Waals surface area (Å²) in [4.78, 5) is 0. The van der Waals surface area contributed by atoms with Crippen LogP contribution in [0.4, 0.5) is 0 Å². The fraction of sp³-hybridized carbons (Fsp3) is 0.250. The number of aliphatic hydroxyl groups is 1. The number of hydrogen-bond acceptors (Lipinski definition) is 2. The molecule has 0 aliphatic rings. The molecule has 0 fully saturated rings. The zero-order chi connectivity index (χ0) is 10.8. The summed E-state index contributed by atoms with van der Waals surface area (Å²) in [6, 6.07) is 8.04. The molecule has 1 aromatic carbocycles. The number of hydrogen-bond donors (Lipinski definition) is 1. The van der Waals surface area contributed by atoms with E-state index in [1.807, 2.05) is 36.9 Å². The first-order chi connectivity index (χ1) is 7.20. The van der Waals surface area contributed by atoms with Crippen molar-refractivity contribution in [1.82, 2.24) is 9.78 Å². The van der Waals surface area contributed by atoms with Crippen LogP contribution in [0.15, 0.2) is 30.5 Å². The Kier molecular flexibility index (Phi) is 2.56. The standard InChI is InChI=1S/C12H14N2O/c1-9-5-10(8-15)7-11(6-9)12-3-4-13-14(12)2/h3-7,15H,8H2,1-2H3. The van der Waals surface area contributed by atoms with Gasteiger partial charge in [0.25, 0.3) is 0 Å². The van der Waals surface area contributed by atoms with Gasteiger partial charge in [0.2, 0.25) is 0 Å². The van der Waals surface area contributed by atoms with Gasteiger partial charge in [-0.05, 0) is 30.7 Å². The van der Waals surface area contributed by atoms with Gasteiger partial charge in [0.1, 0.15) is 0 Å². The maximum Gasteiger partial charge on any atom is 0.0682 e. The average Bonchev–Trinajstić information content (AvgIpc) is 2.63. The summed E-state index contributed by atoms with van der Waals surface area (Å²) in [6.07, 6.45) is 1.77. The zero-order valence-electron chi connectivity index (χ0n) is 8.94. The minimum absolute atomic E-state index is 0.0759. The lowest BCUT2D eigenvalue weighted by atomic mass is 10.0. The van der Waals surface area contributed by atoms with Crippen LogP contribution in [0.25, 0.3) is 11.3 Å². The molecule has 1 heterocycles. The first-order valence-corrected chi connectivity index (χ1v) is 4.90. The molecule has 0 aliphatic heterocycles. The Hall–Kier alpha value is -1.61. The van der Waals surface area contributed by atoms with E-state index < -0.39 is 0 Å². The molecule has 78 valence electrons. The third-order valence-electron chi connectivity index (χ3n) is 2.44. The molecular weight excluding hydrogens is 188 g/mol. The quantitative estimate of drug-likeness (QED) is 0.807. The topological polar surface area (TPSA) is 38.1 Å². The van der Waals surface area contributed by atoms with Crippen LogP contribution < -0.4 is 0 Å². The second-order valence-electron chi connectivity index (χ2n) is 3.71. The first-order valence-electron chi connectivity index (χ1n) is 4.90. The van der Waals surface area contributed by atoms with Crippen molar-refractivity contribution < 1.29 is 5.11 Å². The van der Waals surface area contributed by atoms with Crippen molar-refractivity contribution in [3.8, 4) is 11.3 Å². The van der Waals surface area contributed by atoms with E-state index in [4.69, 9.17) is 5.11 Å². The number of aliphatic hydroxyl groups excluding tert-OH is 1. The van der Waals surface area contributed by atoms with Crippen LogP contribution >= 0.6 is 0 Å². The predicted octanol–water partition coefficient (Wildman–Crippen LogP) is 1.89. The van der Waals surface area contributed by atoms with Gasteiger partial charge >= 0.3 is 0 Å². The van der Waals surface area contributed by atoms with Crippen LogP contribution in [0, 0.1) is 6.92 Å². The van der Waals surface area contributed by atoms with Gasteiger partial charge in [-0.15, -0.1) is 0 Å². The minimum Gasteiger partial charge on any atom is -0.392 e. The van der Waals surface area contributed by atoms with Crippen LogP contribution in [-0.4, -0.2) is 14.9 Å². The predicted molar refractivity (Wildman–Crippen MR) is 59.3 cm³/mol. The Morgan fingerprint density at radius 1 is 1.33 bits per heavy atom. The Morgan fingerprint density at radius 3 is 2.73 bits per heavy atom. The lowest BCUT2D eigenvalue weighted by Gasteiger charge is -2.06. The Balaban J connectivity index is 2.53. The molecule has 0 bridgehead atoms. The number of rotatable bonds is 2. The van der Waals surface area contributed by atoms with Gasteiger partial charge in [-0.1, -0.05) is 11.6 Å². The second kappa shape index (κ2) is 3.87. The van der Waals surface area contributed by atoms with Gasteiger partial charge < -0.3 is 5.11 Å². The normalized spacial score (nSPS) is 10.6. The van der Waals surface area contributed by atoms with E-state index in [1.54, 1.807) is 6.20 Å². The van der Waals surface area contributed by atoms with Crippen LogP contribution in [-0.2, 0) is 13.7 Å². The summed E-state index contributed by atoms with van der Waals surface area (Å²) >= 11 is 0. The van der Waals surface area contributed by atoms with Crippen LogP contribution in [0.2, 0.25) is 0 Å². The molecule has 0 spiro atoms. The molecule has 2 aromatic rings. The molecule has 15 heavy (non-hydrogen) atoms. The molecule has 0 aliphatic carbocycles. The fourth-order valence-electron chi connectivity index (χ4n) is 1.76. The third kappa shape index (κ3) is 1.92. The first kappa shape index (κ1) is 9.93. The molecular formula is C12H14N2O. The second-order valence-corrected chi connectivity index (χ2v) is 3.71. The van der Waals surface area contributed by atoms with Crippen molar-refractivity contribution in [2.45, 2.75) is 13.5 Å². The molecule has 3 nitrogen and oxygen atoms in total. The van der Waals surface area contributed by atoms with E-state index in [1.165, 1.54) is 0 Å². The Labute approximate surface area is 89.0 Å². The van der Waals surface area contributed by atoms with E-state index in [0.717, 1.165) is 22.4 Å². The van der Waals surface area contributed by atoms with E-state index in [9.17, 15) is 0 Å². The number of benzene rings is 1. The highest BCUT2D eigenvalue weighted by Crippen LogP contribution is 2.21. The highest BCUT2D eigenvalue weighted by Gasteiger charge is 2.04. The van der Waals surface area contributed by atoms with Crippen molar-refractivity contribution in [3.63, 3.8) is 0 Å². The fourth-order valence-corrected chi connectivity index (χ4v) is 1.76. The molecule has 0 amide bonds. The molecule has 0 saturated carbocycles. The smallest absolute Gasteiger partial charge is 0.0682 e. The van der Waals surface area contributed by atoms with Gasteiger partial charge in [0.15, 0.2) is 0 Å². The maximum absolute atomic E-state index is 9.13. The molecule has 1 aromatic heterocycles. The van der Waals surface area contributed by atoms with E-state index in [-0.39, 0.29) is 6.61 Å². The van der Waals surface area contributed by atoms with Gasteiger partial charge in [-0.3, -0.25) is 4.68 Å². The Morgan fingerprint density at radius 2 is 2.13 bits per heavy atom. The van der Waals surface area contributed by atoms with Gasteiger partial charge in [-0.2, -0.15) is 5.10 Å². The number of aryl methyl sites for hydroxylation is 2. The summed E-state index contributed by atoms with van der Waals surface area (Å²) in [6.45, 7) is 2.10. The highest BCUT2D eigenvalue weighted by molar-refractivity contribution is 5.61. The van der Waals surface area contributed by atoms with Crippen molar-refractivity contribution >= 4 is 0 Å². The summed E-state index contributed by atoms with van der Waals surface area (Å²) < 4.78 is 1.83. The largest absolute Gasteiger partial charge is 0.392 e. The molecule has 2 rings (SSSR count). The maximum atomic E-state index is 9.13. The van der Waals surface area contributed by atoms with Crippen LogP contribution in [0.3, 0.4) is 0 Å². The van der Waals surface area contributed by atoms with E-state index in [2.05, 4.69) is 11.2 Å². The van der Waals surface area contributed by atoms with Crippen molar-refractivity contribution in [2.24, 2.45) is 7.05 Å². The molecule has 3 heteroatoms. The van der Waals surface area contributed by atoms with Gasteiger partial charge in [0, 0.05) is 18.8 Å². The molecule has 1 N–H and O–H groups in total. The van der Waals surface area contributed by atoms with E-state index >= 15 is 0 Å². The lowest BCUT2D eigenvalue weighted by Crippen LogP contribution is -1.95. The number of aromatic nitrogens is 2. The summed E-state index contributed by atoms with van der Waals surface area (Å²) in [5.41, 5.74) is 4.25. The SMILES string of the molecule is Cc1cc(CO)cc(-c2ccnn2C)c1.